The van der Waals surface area contributed by atoms with Crippen molar-refractivity contribution in [1.82, 2.24) is 8.96 Å². The normalized spacial score (nSPS) is 14.8. The van der Waals surface area contributed by atoms with Gasteiger partial charge in [0.15, 0.2) is 0 Å². The Hall–Kier alpha value is -5.25. The van der Waals surface area contributed by atoms with E-state index >= 15 is 0 Å². The van der Waals surface area contributed by atoms with E-state index in [-0.39, 0.29) is 35.4 Å². The van der Waals surface area contributed by atoms with Gasteiger partial charge in [-0.15, -0.1) is 11.3 Å². The van der Waals surface area contributed by atoms with E-state index in [1.54, 1.807) is 0 Å². The highest BCUT2D eigenvalue weighted by atomic mass is 32.1. The lowest BCUT2D eigenvalue weighted by Gasteiger charge is -2.36. The van der Waals surface area contributed by atoms with E-state index in [0.29, 0.717) is 0 Å². The molecule has 61 heavy (non-hydrogen) atoms. The zero-order valence-corrected chi connectivity index (χ0v) is 38.5. The molecule has 0 unspecified atom stereocenters. The monoisotopic (exact) mass is 806 g/mol. The van der Waals surface area contributed by atoms with Crippen molar-refractivity contribution in [3.05, 3.63) is 119 Å². The lowest BCUT2D eigenvalue weighted by Crippen LogP contribution is -2.64. The van der Waals surface area contributed by atoms with Crippen molar-refractivity contribution in [2.24, 2.45) is 0 Å². The van der Waals surface area contributed by atoms with Gasteiger partial charge in [-0.05, 0) is 125 Å². The van der Waals surface area contributed by atoms with Gasteiger partial charge in [0.2, 0.25) is 0 Å². The molecule has 0 atom stereocenters. The fourth-order valence-corrected chi connectivity index (χ4v) is 13.2. The lowest BCUT2D eigenvalue weighted by atomic mass is 9.37. The topological polar surface area (TPSA) is 9.86 Å². The van der Waals surface area contributed by atoms with Gasteiger partial charge >= 0.3 is 13.7 Å². The molecule has 0 fully saturated rings. The predicted molar refractivity (Wildman–Crippen MR) is 268 cm³/mol. The van der Waals surface area contributed by atoms with Crippen LogP contribution in [0, 0.1) is 0 Å². The third-order valence-corrected chi connectivity index (χ3v) is 16.4. The van der Waals surface area contributed by atoms with Crippen LogP contribution in [0.1, 0.15) is 105 Å². The van der Waals surface area contributed by atoms with Crippen molar-refractivity contribution < 1.29 is 0 Å². The summed E-state index contributed by atoms with van der Waals surface area (Å²) in [7, 11) is 0. The molecule has 4 aliphatic rings. The largest absolute Gasteiger partial charge is 0.375 e. The highest BCUT2D eigenvalue weighted by Gasteiger charge is 2.49. The van der Waals surface area contributed by atoms with Gasteiger partial charge in [0.05, 0.1) is 0 Å². The van der Waals surface area contributed by atoms with E-state index in [1.807, 2.05) is 0 Å². The van der Waals surface area contributed by atoms with Gasteiger partial charge in [-0.2, -0.15) is 0 Å². The Balaban J connectivity index is 1.25. The first-order valence-electron chi connectivity index (χ1n) is 22.5. The summed E-state index contributed by atoms with van der Waals surface area (Å²) in [6.45, 7) is 28.7. The molecule has 5 heteroatoms. The second-order valence-corrected chi connectivity index (χ2v) is 24.0. The van der Waals surface area contributed by atoms with E-state index in [2.05, 4.69) is 200 Å². The van der Waals surface area contributed by atoms with E-state index in [0.717, 1.165) is 0 Å². The Morgan fingerprint density at radius 1 is 0.361 bits per heavy atom. The van der Waals surface area contributed by atoms with E-state index in [4.69, 9.17) is 0 Å². The molecule has 4 aliphatic heterocycles. The van der Waals surface area contributed by atoms with Crippen LogP contribution >= 0.6 is 11.3 Å². The van der Waals surface area contributed by atoms with Gasteiger partial charge in [0.25, 0.3) is 0 Å². The predicted octanol–water partition coefficient (Wildman–Crippen LogP) is 12.4. The van der Waals surface area contributed by atoms with Crippen LogP contribution in [0.25, 0.3) is 86.7 Å². The number of nitrogens with zero attached hydrogens (tertiary/aromatic N) is 2. The molecule has 0 spiro atoms. The van der Waals surface area contributed by atoms with E-state index < -0.39 is 0 Å². The van der Waals surface area contributed by atoms with Crippen molar-refractivity contribution in [3.8, 4) is 43.1 Å². The maximum atomic E-state index is 2.81. The molecular weight excluding hydrogens is 754 g/mol. The minimum atomic E-state index is -0.0182. The summed E-state index contributed by atoms with van der Waals surface area (Å²) in [6.07, 6.45) is 0. The van der Waals surface area contributed by atoms with Gasteiger partial charge in [-0.3, -0.25) is 0 Å². The fraction of sp³-hybridized carbons (Fsp3) is 0.286. The van der Waals surface area contributed by atoms with Gasteiger partial charge in [0.1, 0.15) is 0 Å². The molecule has 0 amide bonds. The molecule has 0 saturated carbocycles. The molecule has 7 heterocycles. The molecule has 0 N–H and O–H groups in total. The quantitative estimate of drug-likeness (QED) is 0.135. The Morgan fingerprint density at radius 3 is 0.984 bits per heavy atom. The highest BCUT2D eigenvalue weighted by Crippen LogP contribution is 2.53. The molecular formula is C56H52B2N2S. The zero-order valence-electron chi connectivity index (χ0n) is 37.7. The summed E-state index contributed by atoms with van der Waals surface area (Å²) in [5.74, 6) is 0. The van der Waals surface area contributed by atoms with E-state index in [1.165, 1.54) is 131 Å². The zero-order chi connectivity index (χ0) is 42.2. The fourth-order valence-electron chi connectivity index (χ4n) is 11.8. The summed E-state index contributed by atoms with van der Waals surface area (Å²) >= 11 is 2.09. The smallest absolute Gasteiger partial charge is 0.329 e. The van der Waals surface area contributed by atoms with Crippen LogP contribution in [0.15, 0.2) is 97.1 Å². The number of benzene rings is 6. The summed E-state index contributed by atoms with van der Waals surface area (Å²) in [5, 5.41) is 5.59. The lowest BCUT2D eigenvalue weighted by molar-refractivity contribution is 0.590. The van der Waals surface area contributed by atoms with Gasteiger partial charge < -0.3 is 8.96 Å². The maximum Gasteiger partial charge on any atom is 0.329 e. The van der Waals surface area contributed by atoms with Crippen molar-refractivity contribution >= 4 is 90.5 Å². The third kappa shape index (κ3) is 4.46. The first kappa shape index (κ1) is 36.4. The van der Waals surface area contributed by atoms with Crippen molar-refractivity contribution in [2.75, 3.05) is 0 Å². The van der Waals surface area contributed by atoms with Gasteiger partial charge in [-0.1, -0.05) is 132 Å². The SMILES string of the molecule is CC(C)(C)c1cc2c3c(c1)c1cc(C(C)(C)C)cc4c1n3B(c1ccccc1-2)c1c-4sc2c1B1c3ccccc3-c3cc(C(C)(C)C)cc4c5cc(C(C)(C)C)cc-2c5n1c34. The number of hydrogen-bond acceptors (Lipinski definition) is 1. The molecule has 0 bridgehead atoms. The molecule has 0 aliphatic carbocycles. The molecule has 6 aromatic carbocycles. The van der Waals surface area contributed by atoms with Gasteiger partial charge in [0, 0.05) is 75.6 Å². The Labute approximate surface area is 364 Å². The Morgan fingerprint density at radius 2 is 0.656 bits per heavy atom. The average molecular weight is 807 g/mol. The standard InChI is InChI=1S/C56H52B2N2S/c1-53(2,3)29-21-35-33-17-13-15-19-43(33)57-45-46-52(61-51(45)41-27-31(55(7,8)9)25-39-37(23-29)47(35)59(57)49(39)41)42-28-32(56(10,11)12)26-40-38-24-30(54(4,5)6)22-36-34-18-14-16-20-44(34)58(46)60(48(36)38)50(40)42/h13-28H,1-12H3. The van der Waals surface area contributed by atoms with Crippen LogP contribution in [-0.4, -0.2) is 22.7 Å². The molecule has 0 saturated heterocycles. The molecule has 2 nitrogen and oxygen atoms in total. The Kier molecular flexibility index (Phi) is 6.58. The second-order valence-electron chi connectivity index (χ2n) is 23.0. The number of rotatable bonds is 0. The minimum absolute atomic E-state index is 0.0122. The van der Waals surface area contributed by atoms with Crippen molar-refractivity contribution in [1.29, 1.82) is 0 Å². The van der Waals surface area contributed by atoms with Crippen LogP contribution in [-0.2, 0) is 21.7 Å². The van der Waals surface area contributed by atoms with Crippen molar-refractivity contribution in [3.63, 3.8) is 0 Å². The minimum Gasteiger partial charge on any atom is -0.375 e. The second kappa shape index (κ2) is 11.0. The molecule has 9 aromatic rings. The molecule has 3 aromatic heterocycles. The first-order chi connectivity index (χ1) is 28.8. The maximum absolute atomic E-state index is 2.81. The molecule has 0 radical (unpaired) electrons. The number of fused-ring (bicyclic) bond motifs is 15. The first-order valence-corrected chi connectivity index (χ1v) is 23.3. The van der Waals surface area contributed by atoms with Gasteiger partial charge in [-0.25, -0.2) is 0 Å². The van der Waals surface area contributed by atoms with Crippen LogP contribution < -0.4 is 21.9 Å². The number of aromatic nitrogens is 2. The number of hydrogen-bond donors (Lipinski definition) is 0. The summed E-state index contributed by atoms with van der Waals surface area (Å²) in [4.78, 5) is 2.91. The highest BCUT2D eigenvalue weighted by molar-refractivity contribution is 7.25. The van der Waals surface area contributed by atoms with E-state index in [9.17, 15) is 0 Å². The van der Waals surface area contributed by atoms with Crippen LogP contribution in [0.5, 0.6) is 0 Å². The van der Waals surface area contributed by atoms with Crippen LogP contribution in [0.2, 0.25) is 0 Å². The summed E-state index contributed by atoms with van der Waals surface area (Å²) < 4.78 is 5.62. The van der Waals surface area contributed by atoms with Crippen molar-refractivity contribution in [2.45, 2.75) is 105 Å². The third-order valence-electron chi connectivity index (χ3n) is 15.1. The summed E-state index contributed by atoms with van der Waals surface area (Å²) in [5.41, 5.74) is 25.4. The molecule has 298 valence electrons. The summed E-state index contributed by atoms with van der Waals surface area (Å²) in [6, 6.07) is 39.3. The number of thiophene rings is 1. The Bertz CT molecular complexity index is 3290. The average Bonchev–Trinajstić information content (AvgIpc) is 3.87. The molecule has 13 rings (SSSR count). The van der Waals surface area contributed by atoms with Crippen LogP contribution in [0.4, 0.5) is 0 Å². The van der Waals surface area contributed by atoms with Crippen LogP contribution in [0.3, 0.4) is 0 Å².